The number of aryl methyl sites for hydroxylation is 1. The summed E-state index contributed by atoms with van der Waals surface area (Å²) in [4.78, 5) is 56.9. The third-order valence-corrected chi connectivity index (χ3v) is 9.88. The maximum atomic E-state index is 14.0. The molecule has 2 fully saturated rings. The number of amides is 3. The number of benzene rings is 4. The van der Waals surface area contributed by atoms with Gasteiger partial charge in [0, 0.05) is 30.5 Å². The lowest BCUT2D eigenvalue weighted by atomic mass is 9.55. The zero-order valence-corrected chi connectivity index (χ0v) is 24.2. The van der Waals surface area contributed by atoms with Gasteiger partial charge in [0.1, 0.15) is 5.75 Å². The number of hydrogen-bond donors (Lipinski definition) is 0. The zero-order valence-electron chi connectivity index (χ0n) is 24.2. The van der Waals surface area contributed by atoms with Crippen LogP contribution in [0.15, 0.2) is 97.1 Å². The molecule has 0 spiro atoms. The lowest BCUT2D eigenvalue weighted by molar-refractivity contribution is -0.139. The predicted octanol–water partition coefficient (Wildman–Crippen LogP) is 5.60. The third kappa shape index (κ3) is 3.81. The van der Waals surface area contributed by atoms with Crippen molar-refractivity contribution in [1.29, 1.82) is 0 Å². The van der Waals surface area contributed by atoms with Gasteiger partial charge in [-0.25, -0.2) is 4.90 Å². The summed E-state index contributed by atoms with van der Waals surface area (Å²) in [5.41, 5.74) is 6.86. The Morgan fingerprint density at radius 1 is 0.727 bits per heavy atom. The molecular formula is C37H30N2O5. The van der Waals surface area contributed by atoms with Crippen LogP contribution in [0.5, 0.6) is 5.75 Å². The molecule has 7 nitrogen and oxygen atoms in total. The number of imide groups is 1. The number of para-hydroxylation sites is 1. The Morgan fingerprint density at radius 2 is 1.25 bits per heavy atom. The largest absolute Gasteiger partial charge is 0.426 e. The van der Waals surface area contributed by atoms with Gasteiger partial charge in [0.15, 0.2) is 0 Å². The molecule has 2 saturated heterocycles. The molecule has 3 aliphatic carbocycles. The molecule has 0 N–H and O–H groups in total. The summed E-state index contributed by atoms with van der Waals surface area (Å²) in [5.74, 6) is -2.52. The van der Waals surface area contributed by atoms with Gasteiger partial charge in [-0.05, 0) is 64.6 Å². The molecule has 0 saturated carbocycles. The third-order valence-electron chi connectivity index (χ3n) is 9.88. The van der Waals surface area contributed by atoms with Crippen molar-refractivity contribution in [1.82, 2.24) is 0 Å². The number of hydrogen-bond acceptors (Lipinski definition) is 5. The van der Waals surface area contributed by atoms with Crippen LogP contribution >= 0.6 is 0 Å². The maximum Gasteiger partial charge on any atom is 0.316 e. The highest BCUT2D eigenvalue weighted by Crippen LogP contribution is 2.61. The summed E-state index contributed by atoms with van der Waals surface area (Å²) in [6.07, 6.45) is 0.869. The summed E-state index contributed by atoms with van der Waals surface area (Å²) >= 11 is 0. The van der Waals surface area contributed by atoms with Crippen LogP contribution in [0.3, 0.4) is 0 Å². The number of ether oxygens (including phenoxy) is 1. The summed E-state index contributed by atoms with van der Waals surface area (Å²) in [5, 5.41) is 0. The minimum Gasteiger partial charge on any atom is -0.426 e. The van der Waals surface area contributed by atoms with Crippen molar-refractivity contribution in [3.63, 3.8) is 0 Å². The highest BCUT2D eigenvalue weighted by Gasteiger charge is 2.61. The Morgan fingerprint density at radius 3 is 1.80 bits per heavy atom. The lowest BCUT2D eigenvalue weighted by Gasteiger charge is -2.45. The summed E-state index contributed by atoms with van der Waals surface area (Å²) in [7, 11) is 0. The van der Waals surface area contributed by atoms with E-state index in [0.717, 1.165) is 39.9 Å². The first kappa shape index (κ1) is 26.6. The Bertz CT molecular complexity index is 1750. The van der Waals surface area contributed by atoms with Gasteiger partial charge < -0.3 is 9.64 Å². The molecule has 0 aromatic heterocycles. The fraction of sp³-hybridized carbons (Fsp3) is 0.243. The second-order valence-corrected chi connectivity index (χ2v) is 12.1. The van der Waals surface area contributed by atoms with E-state index < -0.39 is 23.7 Å². The van der Waals surface area contributed by atoms with Gasteiger partial charge in [-0.15, -0.1) is 0 Å². The zero-order chi connectivity index (χ0) is 30.1. The summed E-state index contributed by atoms with van der Waals surface area (Å²) < 4.78 is 5.68. The number of rotatable bonds is 5. The van der Waals surface area contributed by atoms with Crippen LogP contribution in [0, 0.1) is 17.8 Å². The Labute approximate surface area is 255 Å². The molecule has 2 bridgehead atoms. The Hall–Kier alpha value is -5.04. The number of carbonyl (C=O) groups is 4. The van der Waals surface area contributed by atoms with Gasteiger partial charge in [0.25, 0.3) is 0 Å². The van der Waals surface area contributed by atoms with Crippen LogP contribution in [-0.4, -0.2) is 30.2 Å². The van der Waals surface area contributed by atoms with Gasteiger partial charge in [-0.2, -0.15) is 0 Å². The SMILES string of the molecule is CCc1ccccc1N1C[C@H](C(=O)Oc2ccc(N3C(=O)[C@@H]4C5c6ccccc6C(c6ccccc65)[C@H]4C3=O)cc2)CC1=O. The van der Waals surface area contributed by atoms with Crippen molar-refractivity contribution < 1.29 is 23.9 Å². The number of anilines is 2. The van der Waals surface area contributed by atoms with E-state index in [1.807, 2.05) is 55.5 Å². The van der Waals surface area contributed by atoms with Crippen molar-refractivity contribution in [2.45, 2.75) is 31.6 Å². The number of esters is 1. The molecule has 2 aliphatic heterocycles. The monoisotopic (exact) mass is 582 g/mol. The van der Waals surface area contributed by atoms with E-state index in [-0.39, 0.29) is 42.5 Å². The minimum absolute atomic E-state index is 0.0850. The molecule has 44 heavy (non-hydrogen) atoms. The van der Waals surface area contributed by atoms with Crippen molar-refractivity contribution in [3.8, 4) is 5.75 Å². The molecule has 4 aromatic carbocycles. The van der Waals surface area contributed by atoms with E-state index in [1.54, 1.807) is 29.2 Å². The van der Waals surface area contributed by atoms with Gasteiger partial charge in [0.2, 0.25) is 17.7 Å². The van der Waals surface area contributed by atoms with Crippen molar-refractivity contribution in [2.24, 2.45) is 17.8 Å². The second-order valence-electron chi connectivity index (χ2n) is 12.1. The van der Waals surface area contributed by atoms with E-state index in [0.29, 0.717) is 11.4 Å². The summed E-state index contributed by atoms with van der Waals surface area (Å²) in [6.45, 7) is 2.30. The van der Waals surface area contributed by atoms with Crippen LogP contribution in [0.4, 0.5) is 11.4 Å². The fourth-order valence-corrected chi connectivity index (χ4v) is 7.97. The van der Waals surface area contributed by atoms with Crippen LogP contribution in [0.1, 0.15) is 53.0 Å². The van der Waals surface area contributed by atoms with Gasteiger partial charge in [-0.3, -0.25) is 19.2 Å². The van der Waals surface area contributed by atoms with Gasteiger partial charge in [0.05, 0.1) is 23.4 Å². The first-order valence-corrected chi connectivity index (χ1v) is 15.2. The van der Waals surface area contributed by atoms with Crippen LogP contribution in [-0.2, 0) is 25.6 Å². The average molecular weight is 583 g/mol. The minimum atomic E-state index is -0.587. The quantitative estimate of drug-likeness (QED) is 0.174. The van der Waals surface area contributed by atoms with Crippen molar-refractivity contribution in [3.05, 3.63) is 125 Å². The van der Waals surface area contributed by atoms with E-state index in [4.69, 9.17) is 4.74 Å². The molecule has 3 amide bonds. The average Bonchev–Trinajstić information content (AvgIpc) is 3.58. The predicted molar refractivity (Wildman–Crippen MR) is 164 cm³/mol. The molecule has 9 rings (SSSR count). The normalized spacial score (nSPS) is 24.8. The smallest absolute Gasteiger partial charge is 0.316 e. The number of nitrogens with zero attached hydrogens (tertiary/aromatic N) is 2. The molecule has 3 atom stereocenters. The Balaban J connectivity index is 1.02. The highest BCUT2D eigenvalue weighted by atomic mass is 16.5. The van der Waals surface area contributed by atoms with E-state index in [1.165, 1.54) is 4.90 Å². The van der Waals surface area contributed by atoms with E-state index in [9.17, 15) is 19.2 Å². The molecular weight excluding hydrogens is 552 g/mol. The van der Waals surface area contributed by atoms with Crippen LogP contribution < -0.4 is 14.5 Å². The Kier molecular flexibility index (Phi) is 6.05. The molecule has 0 radical (unpaired) electrons. The topological polar surface area (TPSA) is 84.0 Å². The molecule has 0 unspecified atom stereocenters. The number of carbonyl (C=O) groups excluding carboxylic acids is 4. The maximum absolute atomic E-state index is 14.0. The first-order chi connectivity index (χ1) is 21.5. The van der Waals surface area contributed by atoms with E-state index >= 15 is 0 Å². The first-order valence-electron chi connectivity index (χ1n) is 15.2. The van der Waals surface area contributed by atoms with Crippen molar-refractivity contribution >= 4 is 35.1 Å². The summed E-state index contributed by atoms with van der Waals surface area (Å²) in [6, 6.07) is 30.6. The van der Waals surface area contributed by atoms with Gasteiger partial charge in [-0.1, -0.05) is 73.7 Å². The standard InChI is InChI=1S/C37H30N2O5/c1-2-21-9-3-8-14-29(21)38-20-22(19-30(38)40)37(43)44-24-17-15-23(16-18-24)39-35(41)33-31-25-10-4-5-11-26(25)32(34(33)36(39)42)28-13-7-6-12-27(28)31/h3-18,22,31-34H,2,19-20H2,1H3/t22-,31?,32?,33-,34-/m1/s1. The van der Waals surface area contributed by atoms with Gasteiger partial charge >= 0.3 is 5.97 Å². The van der Waals surface area contributed by atoms with Crippen LogP contribution in [0.25, 0.3) is 0 Å². The lowest BCUT2D eigenvalue weighted by Crippen LogP contribution is -2.41. The van der Waals surface area contributed by atoms with Crippen molar-refractivity contribution in [2.75, 3.05) is 16.3 Å². The highest BCUT2D eigenvalue weighted by molar-refractivity contribution is 6.23. The molecule has 2 heterocycles. The van der Waals surface area contributed by atoms with E-state index in [2.05, 4.69) is 24.3 Å². The van der Waals surface area contributed by atoms with Crippen LogP contribution in [0.2, 0.25) is 0 Å². The molecule has 218 valence electrons. The molecule has 4 aromatic rings. The molecule has 5 aliphatic rings. The second kappa shape index (κ2) is 10.0. The fourth-order valence-electron chi connectivity index (χ4n) is 7.97. The molecule has 7 heteroatoms.